The summed E-state index contributed by atoms with van der Waals surface area (Å²) in [7, 11) is 4.16. The molecule has 1 amide bonds. The molecular weight excluding hydrogens is 340 g/mol. The van der Waals surface area contributed by atoms with Crippen molar-refractivity contribution in [1.29, 1.82) is 0 Å². The number of piperidine rings is 1. The van der Waals surface area contributed by atoms with Crippen LogP contribution in [-0.2, 0) is 6.54 Å². The Kier molecular flexibility index (Phi) is 4.99. The first-order valence-corrected chi connectivity index (χ1v) is 9.54. The van der Waals surface area contributed by atoms with Gasteiger partial charge in [0.25, 0.3) is 5.91 Å². The fraction of sp³-hybridized carbons (Fsp3) is 0.429. The molecule has 0 unspecified atom stereocenters. The molecule has 6 nitrogen and oxygen atoms in total. The topological polar surface area (TPSA) is 54.5 Å². The largest absolute Gasteiger partial charge is 0.464 e. The van der Waals surface area contributed by atoms with Crippen LogP contribution in [-0.4, -0.2) is 59.0 Å². The quantitative estimate of drug-likeness (QED) is 0.696. The number of imidazole rings is 1. The Bertz CT molecular complexity index is 927. The number of hydrogen-bond donors (Lipinski definition) is 0. The number of amides is 1. The number of benzene rings is 1. The second-order valence-electron chi connectivity index (χ2n) is 7.55. The molecular formula is C21H26N4O2. The number of hydrogen-bond acceptors (Lipinski definition) is 4. The summed E-state index contributed by atoms with van der Waals surface area (Å²) in [5.41, 5.74) is 1.53. The van der Waals surface area contributed by atoms with E-state index < -0.39 is 0 Å². The number of rotatable bonds is 5. The molecule has 0 radical (unpaired) electrons. The lowest BCUT2D eigenvalue weighted by Gasteiger charge is -2.33. The molecule has 6 heteroatoms. The molecule has 27 heavy (non-hydrogen) atoms. The summed E-state index contributed by atoms with van der Waals surface area (Å²) in [6.07, 6.45) is 7.66. The number of fused-ring (bicyclic) bond motifs is 1. The number of furan rings is 1. The zero-order valence-corrected chi connectivity index (χ0v) is 16.0. The van der Waals surface area contributed by atoms with Gasteiger partial charge in [-0.15, -0.1) is 0 Å². The van der Waals surface area contributed by atoms with Crippen molar-refractivity contribution in [1.82, 2.24) is 19.4 Å². The van der Waals surface area contributed by atoms with Crippen molar-refractivity contribution in [2.24, 2.45) is 0 Å². The molecule has 0 aliphatic carbocycles. The second-order valence-corrected chi connectivity index (χ2v) is 7.55. The van der Waals surface area contributed by atoms with Gasteiger partial charge in [-0.05, 0) is 51.2 Å². The summed E-state index contributed by atoms with van der Waals surface area (Å²) in [5.74, 6) is 1.48. The maximum absolute atomic E-state index is 13.0. The van der Waals surface area contributed by atoms with Crippen molar-refractivity contribution >= 4 is 16.9 Å². The molecule has 3 heterocycles. The third kappa shape index (κ3) is 3.76. The van der Waals surface area contributed by atoms with E-state index in [4.69, 9.17) is 4.42 Å². The minimum absolute atomic E-state index is 0.0918. The van der Waals surface area contributed by atoms with Crippen LogP contribution in [0.3, 0.4) is 0 Å². The molecule has 0 bridgehead atoms. The van der Waals surface area contributed by atoms with Crippen molar-refractivity contribution in [3.8, 4) is 0 Å². The van der Waals surface area contributed by atoms with Gasteiger partial charge in [-0.1, -0.05) is 0 Å². The van der Waals surface area contributed by atoms with E-state index in [2.05, 4.69) is 28.5 Å². The molecule has 4 rings (SSSR count). The SMILES string of the molecule is CN(C)CCn1ccnc1[C@H]1CCCN(C(=O)c2ccc3occc3c2)C1. The van der Waals surface area contributed by atoms with Gasteiger partial charge in [0, 0.05) is 55.4 Å². The molecule has 0 spiro atoms. The van der Waals surface area contributed by atoms with Gasteiger partial charge in [-0.25, -0.2) is 4.98 Å². The summed E-state index contributed by atoms with van der Waals surface area (Å²) < 4.78 is 7.61. The third-order valence-electron chi connectivity index (χ3n) is 5.31. The molecule has 0 saturated carbocycles. The summed E-state index contributed by atoms with van der Waals surface area (Å²) in [4.78, 5) is 21.8. The monoisotopic (exact) mass is 366 g/mol. The molecule has 1 saturated heterocycles. The predicted molar refractivity (Wildman–Crippen MR) is 105 cm³/mol. The van der Waals surface area contributed by atoms with E-state index in [0.29, 0.717) is 0 Å². The Labute approximate surface area is 159 Å². The fourth-order valence-corrected chi connectivity index (χ4v) is 3.83. The van der Waals surface area contributed by atoms with E-state index in [1.807, 2.05) is 41.6 Å². The van der Waals surface area contributed by atoms with E-state index in [0.717, 1.165) is 61.4 Å². The van der Waals surface area contributed by atoms with Crippen LogP contribution in [0.5, 0.6) is 0 Å². The summed E-state index contributed by atoms with van der Waals surface area (Å²) in [6.45, 7) is 3.42. The van der Waals surface area contributed by atoms with Crippen molar-refractivity contribution in [3.63, 3.8) is 0 Å². The highest BCUT2D eigenvalue weighted by Crippen LogP contribution is 2.27. The van der Waals surface area contributed by atoms with Gasteiger partial charge in [0.05, 0.1) is 6.26 Å². The molecule has 3 aromatic rings. The first-order chi connectivity index (χ1) is 13.1. The maximum atomic E-state index is 13.0. The number of likely N-dealkylation sites (tertiary alicyclic amines) is 1. The van der Waals surface area contributed by atoms with Crippen molar-refractivity contribution in [2.45, 2.75) is 25.3 Å². The number of likely N-dealkylation sites (N-methyl/N-ethyl adjacent to an activating group) is 1. The Morgan fingerprint density at radius 1 is 1.33 bits per heavy atom. The van der Waals surface area contributed by atoms with Crippen LogP contribution in [0.2, 0.25) is 0 Å². The highest BCUT2D eigenvalue weighted by molar-refractivity contribution is 5.97. The summed E-state index contributed by atoms with van der Waals surface area (Å²) in [5, 5.41) is 0.966. The zero-order chi connectivity index (χ0) is 18.8. The smallest absolute Gasteiger partial charge is 0.253 e. The van der Waals surface area contributed by atoms with E-state index in [-0.39, 0.29) is 11.8 Å². The van der Waals surface area contributed by atoms with Crippen LogP contribution in [0.4, 0.5) is 0 Å². The molecule has 1 fully saturated rings. The fourth-order valence-electron chi connectivity index (χ4n) is 3.83. The average Bonchev–Trinajstić information content (AvgIpc) is 3.34. The van der Waals surface area contributed by atoms with Gasteiger partial charge in [0.15, 0.2) is 0 Å². The van der Waals surface area contributed by atoms with E-state index in [1.165, 1.54) is 0 Å². The number of carbonyl (C=O) groups excluding carboxylic acids is 1. The van der Waals surface area contributed by atoms with Crippen LogP contribution in [0.1, 0.15) is 34.9 Å². The van der Waals surface area contributed by atoms with Gasteiger partial charge in [-0.3, -0.25) is 4.79 Å². The van der Waals surface area contributed by atoms with Gasteiger partial charge in [0.2, 0.25) is 0 Å². The lowest BCUT2D eigenvalue weighted by molar-refractivity contribution is 0.0703. The maximum Gasteiger partial charge on any atom is 0.253 e. The number of aromatic nitrogens is 2. The van der Waals surface area contributed by atoms with Crippen molar-refractivity contribution in [2.75, 3.05) is 33.7 Å². The Morgan fingerprint density at radius 2 is 2.22 bits per heavy atom. The van der Waals surface area contributed by atoms with Crippen LogP contribution < -0.4 is 0 Å². The Balaban J connectivity index is 1.49. The van der Waals surface area contributed by atoms with Gasteiger partial charge in [-0.2, -0.15) is 0 Å². The first kappa shape index (κ1) is 17.8. The average molecular weight is 366 g/mol. The standard InChI is InChI=1S/C21H26N4O2/c1-23(2)11-12-24-10-8-22-20(24)18-4-3-9-25(15-18)21(26)17-5-6-19-16(14-17)7-13-27-19/h5-8,10,13-14,18H,3-4,9,11-12,15H2,1-2H3/t18-/m0/s1. The molecule has 1 aromatic carbocycles. The molecule has 1 atom stereocenters. The van der Waals surface area contributed by atoms with Crippen LogP contribution in [0.15, 0.2) is 47.3 Å². The van der Waals surface area contributed by atoms with E-state index in [1.54, 1.807) is 6.26 Å². The molecule has 142 valence electrons. The number of carbonyl (C=O) groups is 1. The minimum atomic E-state index is 0.0918. The highest BCUT2D eigenvalue weighted by atomic mass is 16.3. The normalized spacial score (nSPS) is 17.7. The van der Waals surface area contributed by atoms with Crippen molar-refractivity contribution in [3.05, 3.63) is 54.3 Å². The van der Waals surface area contributed by atoms with Gasteiger partial charge >= 0.3 is 0 Å². The van der Waals surface area contributed by atoms with E-state index >= 15 is 0 Å². The Morgan fingerprint density at radius 3 is 3.07 bits per heavy atom. The highest BCUT2D eigenvalue weighted by Gasteiger charge is 2.28. The van der Waals surface area contributed by atoms with Crippen LogP contribution in [0.25, 0.3) is 11.0 Å². The van der Waals surface area contributed by atoms with Gasteiger partial charge in [0.1, 0.15) is 11.4 Å². The first-order valence-electron chi connectivity index (χ1n) is 9.54. The second kappa shape index (κ2) is 7.56. The minimum Gasteiger partial charge on any atom is -0.464 e. The lowest BCUT2D eigenvalue weighted by Crippen LogP contribution is -2.39. The van der Waals surface area contributed by atoms with Crippen LogP contribution in [0, 0.1) is 0 Å². The predicted octanol–water partition coefficient (Wildman–Crippen LogP) is 3.21. The third-order valence-corrected chi connectivity index (χ3v) is 5.31. The van der Waals surface area contributed by atoms with Gasteiger partial charge < -0.3 is 18.8 Å². The number of nitrogens with zero attached hydrogens (tertiary/aromatic N) is 4. The molecule has 2 aromatic heterocycles. The summed E-state index contributed by atoms with van der Waals surface area (Å²) in [6, 6.07) is 7.54. The molecule has 0 N–H and O–H groups in total. The lowest BCUT2D eigenvalue weighted by atomic mass is 9.96. The summed E-state index contributed by atoms with van der Waals surface area (Å²) >= 11 is 0. The van der Waals surface area contributed by atoms with Crippen LogP contribution >= 0.6 is 0 Å². The Hall–Kier alpha value is -2.60. The van der Waals surface area contributed by atoms with Crippen molar-refractivity contribution < 1.29 is 9.21 Å². The zero-order valence-electron chi connectivity index (χ0n) is 16.0. The van der Waals surface area contributed by atoms with E-state index in [9.17, 15) is 4.79 Å². The molecule has 1 aliphatic heterocycles. The molecule has 1 aliphatic rings.